The number of rotatable bonds is 14. The molecule has 6 rings (SSSR count). The van der Waals surface area contributed by atoms with Crippen LogP contribution < -0.4 is 20.7 Å². The van der Waals surface area contributed by atoms with Gasteiger partial charge in [0.05, 0.1) is 24.5 Å². The van der Waals surface area contributed by atoms with Crippen molar-refractivity contribution in [2.75, 3.05) is 24.3 Å². The molecule has 2 heterocycles. The molecular formula is C47H48N4O8S2. The van der Waals surface area contributed by atoms with Crippen LogP contribution in [-0.4, -0.2) is 59.2 Å². The minimum atomic E-state index is -0.658. The Labute approximate surface area is 363 Å². The monoisotopic (exact) mass is 860 g/mol. The van der Waals surface area contributed by atoms with Crippen LogP contribution in [0.3, 0.4) is 0 Å². The van der Waals surface area contributed by atoms with Gasteiger partial charge in [0.15, 0.2) is 0 Å². The van der Waals surface area contributed by atoms with Gasteiger partial charge < -0.3 is 35.1 Å². The highest BCUT2D eigenvalue weighted by Crippen LogP contribution is 2.39. The van der Waals surface area contributed by atoms with Crippen molar-refractivity contribution in [2.45, 2.75) is 69.4 Å². The number of fused-ring (bicyclic) bond motifs is 1. The van der Waals surface area contributed by atoms with Gasteiger partial charge in [-0.05, 0) is 98.8 Å². The maximum atomic E-state index is 13.9. The van der Waals surface area contributed by atoms with Gasteiger partial charge in [0.25, 0.3) is 11.8 Å². The lowest BCUT2D eigenvalue weighted by atomic mass is 10.0. The van der Waals surface area contributed by atoms with E-state index in [1.54, 1.807) is 105 Å². The lowest BCUT2D eigenvalue weighted by molar-refractivity contribution is -0.116. The molecule has 1 aromatic heterocycles. The van der Waals surface area contributed by atoms with E-state index >= 15 is 0 Å². The standard InChI is InChI=1S/C47H48N4O8S2/c1-6-38(43(54)50-44-40(45(55)57-5)36-24-25-51(28-39(36)61-44)46(56)59-47(2,3)4)60-35-19-13-18-33(27-35)48-42(53)37(49-41(52)32-16-11-8-12-17-32)26-30-20-22-34(23-21-30)58-29-31-14-9-7-10-15-31/h7-23,26-27,38H,6,24-25,28-29H2,1-5H3,(H,48,53)(H,49,52)(H,50,54)/b37-26+. The highest BCUT2D eigenvalue weighted by Gasteiger charge is 2.33. The third-order valence-corrected chi connectivity index (χ3v) is 11.8. The van der Waals surface area contributed by atoms with Gasteiger partial charge in [-0.2, -0.15) is 0 Å². The van der Waals surface area contributed by atoms with E-state index in [9.17, 15) is 24.0 Å². The van der Waals surface area contributed by atoms with E-state index in [1.807, 2.05) is 43.3 Å². The molecule has 1 atom stereocenters. The van der Waals surface area contributed by atoms with E-state index in [0.717, 1.165) is 16.0 Å². The molecule has 0 saturated carbocycles. The summed E-state index contributed by atoms with van der Waals surface area (Å²) in [4.78, 5) is 69.9. The molecule has 4 amide bonds. The summed E-state index contributed by atoms with van der Waals surface area (Å²) in [7, 11) is 1.29. The van der Waals surface area contributed by atoms with Gasteiger partial charge in [0, 0.05) is 27.6 Å². The summed E-state index contributed by atoms with van der Waals surface area (Å²) in [5, 5.41) is 8.43. The molecule has 3 N–H and O–H groups in total. The normalized spacial score (nSPS) is 13.0. The molecule has 0 fully saturated rings. The van der Waals surface area contributed by atoms with Crippen molar-refractivity contribution >= 4 is 69.6 Å². The Morgan fingerprint density at radius 2 is 1.59 bits per heavy atom. The van der Waals surface area contributed by atoms with Gasteiger partial charge in [0.1, 0.15) is 28.7 Å². The first-order chi connectivity index (χ1) is 29.3. The minimum absolute atomic E-state index is 0.0185. The van der Waals surface area contributed by atoms with Crippen molar-refractivity contribution in [3.8, 4) is 5.75 Å². The Kier molecular flexibility index (Phi) is 14.7. The molecule has 0 spiro atoms. The fraction of sp³-hybridized carbons (Fsp3) is 0.255. The zero-order valence-corrected chi connectivity index (χ0v) is 36.2. The van der Waals surface area contributed by atoms with Gasteiger partial charge in [-0.25, -0.2) is 9.59 Å². The quantitative estimate of drug-likeness (QED) is 0.0564. The van der Waals surface area contributed by atoms with E-state index in [2.05, 4.69) is 16.0 Å². The Balaban J connectivity index is 1.15. The highest BCUT2D eigenvalue weighted by molar-refractivity contribution is 8.00. The molecule has 0 saturated heterocycles. The second-order valence-electron chi connectivity index (χ2n) is 15.1. The first-order valence-electron chi connectivity index (χ1n) is 19.7. The number of hydrogen-bond acceptors (Lipinski definition) is 10. The van der Waals surface area contributed by atoms with Crippen molar-refractivity contribution < 1.29 is 38.2 Å². The van der Waals surface area contributed by atoms with Gasteiger partial charge in [0.2, 0.25) is 5.91 Å². The van der Waals surface area contributed by atoms with Gasteiger partial charge >= 0.3 is 12.1 Å². The zero-order chi connectivity index (χ0) is 43.5. The number of hydrogen-bond donors (Lipinski definition) is 3. The zero-order valence-electron chi connectivity index (χ0n) is 34.6. The average Bonchev–Trinajstić information content (AvgIpc) is 3.61. The molecule has 0 radical (unpaired) electrons. The lowest BCUT2D eigenvalue weighted by Gasteiger charge is -2.30. The minimum Gasteiger partial charge on any atom is -0.489 e. The highest BCUT2D eigenvalue weighted by atomic mass is 32.2. The topological polar surface area (TPSA) is 152 Å². The maximum absolute atomic E-state index is 13.9. The van der Waals surface area contributed by atoms with Crippen LogP contribution in [0.4, 0.5) is 15.5 Å². The SMILES string of the molecule is CCC(Sc1cccc(NC(=O)/C(=C\c2ccc(OCc3ccccc3)cc2)NC(=O)c2ccccc2)c1)C(=O)Nc1sc2c(c1C(=O)OC)CCN(C(=O)OC(C)(C)C)C2. The number of carbonyl (C=O) groups excluding carboxylic acids is 5. The third-order valence-electron chi connectivity index (χ3n) is 9.34. The smallest absolute Gasteiger partial charge is 0.410 e. The summed E-state index contributed by atoms with van der Waals surface area (Å²) in [6, 6.07) is 32.7. The first-order valence-corrected chi connectivity index (χ1v) is 21.4. The van der Waals surface area contributed by atoms with Crippen LogP contribution in [0.5, 0.6) is 5.75 Å². The number of esters is 1. The predicted molar refractivity (Wildman–Crippen MR) is 239 cm³/mol. The Hall–Kier alpha value is -6.38. The number of anilines is 2. The summed E-state index contributed by atoms with van der Waals surface area (Å²) in [5.74, 6) is -1.24. The summed E-state index contributed by atoms with van der Waals surface area (Å²) in [6.45, 7) is 8.29. The number of carbonyl (C=O) groups is 5. The fourth-order valence-corrected chi connectivity index (χ4v) is 8.59. The van der Waals surface area contributed by atoms with Crippen molar-refractivity contribution in [1.29, 1.82) is 0 Å². The molecule has 12 nitrogen and oxygen atoms in total. The summed E-state index contributed by atoms with van der Waals surface area (Å²) in [6.07, 6.45) is 2.00. The van der Waals surface area contributed by atoms with E-state index in [-0.39, 0.29) is 18.1 Å². The molecule has 61 heavy (non-hydrogen) atoms. The van der Waals surface area contributed by atoms with E-state index < -0.39 is 34.7 Å². The largest absolute Gasteiger partial charge is 0.489 e. The Morgan fingerprint density at radius 1 is 0.885 bits per heavy atom. The van der Waals surface area contributed by atoms with E-state index in [0.29, 0.717) is 64.0 Å². The number of thiophene rings is 1. The molecule has 1 aliphatic rings. The number of thioether (sulfide) groups is 1. The molecular weight excluding hydrogens is 813 g/mol. The van der Waals surface area contributed by atoms with Crippen LogP contribution in [0.15, 0.2) is 120 Å². The predicted octanol–water partition coefficient (Wildman–Crippen LogP) is 9.33. The second kappa shape index (κ2) is 20.3. The van der Waals surface area contributed by atoms with Crippen molar-refractivity contribution in [3.63, 3.8) is 0 Å². The molecule has 1 unspecified atom stereocenters. The molecule has 5 aromatic rings. The Morgan fingerprint density at radius 3 is 2.26 bits per heavy atom. The van der Waals surface area contributed by atoms with Crippen molar-refractivity contribution in [2.24, 2.45) is 0 Å². The summed E-state index contributed by atoms with van der Waals surface area (Å²) in [5.41, 5.74) is 2.93. The second-order valence-corrected chi connectivity index (χ2v) is 17.4. The number of nitrogens with one attached hydrogen (secondary N) is 3. The number of nitrogens with zero attached hydrogens (tertiary/aromatic N) is 1. The molecule has 14 heteroatoms. The van der Waals surface area contributed by atoms with Crippen LogP contribution in [0, 0.1) is 0 Å². The summed E-state index contributed by atoms with van der Waals surface area (Å²) < 4.78 is 16.6. The van der Waals surface area contributed by atoms with Crippen LogP contribution in [0.25, 0.3) is 6.08 Å². The van der Waals surface area contributed by atoms with Gasteiger partial charge in [-0.1, -0.05) is 73.7 Å². The van der Waals surface area contributed by atoms with Crippen molar-refractivity contribution in [1.82, 2.24) is 10.2 Å². The lowest BCUT2D eigenvalue weighted by Crippen LogP contribution is -2.39. The fourth-order valence-electron chi connectivity index (χ4n) is 6.33. The molecule has 4 aromatic carbocycles. The van der Waals surface area contributed by atoms with Gasteiger partial charge in [-0.15, -0.1) is 23.1 Å². The van der Waals surface area contributed by atoms with Crippen LogP contribution in [-0.2, 0) is 38.6 Å². The van der Waals surface area contributed by atoms with Crippen LogP contribution in [0.1, 0.15) is 76.4 Å². The van der Waals surface area contributed by atoms with E-state index in [4.69, 9.17) is 14.2 Å². The molecule has 316 valence electrons. The van der Waals surface area contributed by atoms with Crippen LogP contribution >= 0.6 is 23.1 Å². The van der Waals surface area contributed by atoms with E-state index in [1.165, 1.54) is 30.2 Å². The Bertz CT molecular complexity index is 2390. The number of methoxy groups -OCH3 is 1. The average molecular weight is 861 g/mol. The first kappa shape index (κ1) is 44.2. The maximum Gasteiger partial charge on any atom is 0.410 e. The molecule has 1 aliphatic heterocycles. The number of benzene rings is 4. The van der Waals surface area contributed by atoms with Crippen LogP contribution in [0.2, 0.25) is 0 Å². The number of amides is 4. The number of ether oxygens (including phenoxy) is 3. The van der Waals surface area contributed by atoms with Gasteiger partial charge in [-0.3, -0.25) is 14.4 Å². The summed E-state index contributed by atoms with van der Waals surface area (Å²) >= 11 is 2.55. The molecule has 0 aliphatic carbocycles. The molecule has 0 bridgehead atoms. The third kappa shape index (κ3) is 12.1. The van der Waals surface area contributed by atoms with Crippen molar-refractivity contribution in [3.05, 3.63) is 148 Å².